The van der Waals surface area contributed by atoms with Crippen LogP contribution >= 0.6 is 35.6 Å². The number of aliphatic imine (C=N–C) groups is 1. The molecule has 0 unspecified atom stereocenters. The van der Waals surface area contributed by atoms with Crippen LogP contribution in [0.25, 0.3) is 11.4 Å². The predicted octanol–water partition coefficient (Wildman–Crippen LogP) is 4.59. The van der Waals surface area contributed by atoms with Gasteiger partial charge in [-0.25, -0.2) is 4.39 Å². The molecule has 2 N–H and O–H groups in total. The molecular formula is C22H24ClFIN5O. The molecule has 1 aliphatic rings. The molecule has 1 saturated carbocycles. The highest BCUT2D eigenvalue weighted by molar-refractivity contribution is 14.0. The fourth-order valence-corrected chi connectivity index (χ4v) is 3.54. The number of hydrogen-bond donors (Lipinski definition) is 2. The third kappa shape index (κ3) is 5.74. The van der Waals surface area contributed by atoms with E-state index in [-0.39, 0.29) is 35.2 Å². The van der Waals surface area contributed by atoms with Gasteiger partial charge in [-0.15, -0.1) is 24.0 Å². The lowest BCUT2D eigenvalue weighted by Crippen LogP contribution is -2.42. The average molecular weight is 556 g/mol. The molecule has 164 valence electrons. The van der Waals surface area contributed by atoms with Crippen LogP contribution in [0.2, 0.25) is 5.02 Å². The molecule has 1 aromatic heterocycles. The zero-order valence-electron chi connectivity index (χ0n) is 17.1. The van der Waals surface area contributed by atoms with Gasteiger partial charge in [0.2, 0.25) is 11.7 Å². The van der Waals surface area contributed by atoms with E-state index in [4.69, 9.17) is 16.1 Å². The summed E-state index contributed by atoms with van der Waals surface area (Å²) in [4.78, 5) is 8.66. The van der Waals surface area contributed by atoms with Gasteiger partial charge in [0.05, 0.1) is 0 Å². The van der Waals surface area contributed by atoms with Crippen molar-refractivity contribution in [3.05, 3.63) is 70.8 Å². The highest BCUT2D eigenvalue weighted by atomic mass is 127. The fourth-order valence-electron chi connectivity index (χ4n) is 3.42. The SMILES string of the molecule is CN=C(NCCc1nc(-c2ccc(Cl)cc2)no1)NCC1(c2ccccc2F)CC1.I. The number of hydrogen-bond acceptors (Lipinski definition) is 4. The van der Waals surface area contributed by atoms with Crippen LogP contribution in [0.4, 0.5) is 4.39 Å². The Balaban J connectivity index is 0.00000272. The van der Waals surface area contributed by atoms with E-state index in [1.54, 1.807) is 25.2 Å². The van der Waals surface area contributed by atoms with Gasteiger partial charge in [0.15, 0.2) is 5.96 Å². The van der Waals surface area contributed by atoms with Crippen LogP contribution in [0.5, 0.6) is 0 Å². The van der Waals surface area contributed by atoms with Gasteiger partial charge in [0, 0.05) is 42.6 Å². The molecule has 4 rings (SSSR count). The number of nitrogens with zero attached hydrogens (tertiary/aromatic N) is 3. The lowest BCUT2D eigenvalue weighted by Gasteiger charge is -2.19. The Morgan fingerprint density at radius 1 is 1.16 bits per heavy atom. The zero-order chi connectivity index (χ0) is 21.0. The van der Waals surface area contributed by atoms with Crippen molar-refractivity contribution in [3.8, 4) is 11.4 Å². The van der Waals surface area contributed by atoms with E-state index in [1.807, 2.05) is 24.3 Å². The van der Waals surface area contributed by atoms with Crippen LogP contribution in [-0.2, 0) is 11.8 Å². The first-order chi connectivity index (χ1) is 14.6. The molecule has 3 aromatic rings. The number of halogens is 3. The van der Waals surface area contributed by atoms with E-state index in [2.05, 4.69) is 25.8 Å². The molecule has 2 aromatic carbocycles. The van der Waals surface area contributed by atoms with Gasteiger partial charge in [-0.05, 0) is 48.7 Å². The molecule has 0 spiro atoms. The zero-order valence-corrected chi connectivity index (χ0v) is 20.2. The normalized spacial score (nSPS) is 14.6. The topological polar surface area (TPSA) is 75.3 Å². The monoisotopic (exact) mass is 555 g/mol. The third-order valence-electron chi connectivity index (χ3n) is 5.32. The molecule has 0 atom stereocenters. The molecule has 9 heteroatoms. The second kappa shape index (κ2) is 10.4. The minimum atomic E-state index is -0.150. The number of guanidine groups is 1. The maximum Gasteiger partial charge on any atom is 0.228 e. The standard InChI is InChI=1S/C22H23ClFN5O.HI/c1-25-21(27-14-22(11-12-22)17-4-2-3-5-18(17)24)26-13-10-19-28-20(29-30-19)15-6-8-16(23)9-7-15;/h2-9H,10-14H2,1H3,(H2,25,26,27);1H. The first-order valence-electron chi connectivity index (χ1n) is 9.88. The van der Waals surface area contributed by atoms with Gasteiger partial charge in [0.1, 0.15) is 5.82 Å². The summed E-state index contributed by atoms with van der Waals surface area (Å²) in [5.41, 5.74) is 1.47. The van der Waals surface area contributed by atoms with Crippen LogP contribution in [0, 0.1) is 5.82 Å². The van der Waals surface area contributed by atoms with Gasteiger partial charge in [-0.2, -0.15) is 4.98 Å². The van der Waals surface area contributed by atoms with Crippen molar-refractivity contribution >= 4 is 41.5 Å². The summed E-state index contributed by atoms with van der Waals surface area (Å²) in [6.07, 6.45) is 2.49. The molecule has 31 heavy (non-hydrogen) atoms. The van der Waals surface area contributed by atoms with Crippen molar-refractivity contribution in [2.45, 2.75) is 24.7 Å². The van der Waals surface area contributed by atoms with Crippen LogP contribution < -0.4 is 10.6 Å². The Hall–Kier alpha value is -2.20. The lowest BCUT2D eigenvalue weighted by atomic mass is 9.95. The average Bonchev–Trinajstić information content (AvgIpc) is 3.40. The molecule has 1 heterocycles. The Morgan fingerprint density at radius 3 is 2.58 bits per heavy atom. The van der Waals surface area contributed by atoms with Gasteiger partial charge in [-0.3, -0.25) is 4.99 Å². The molecule has 0 radical (unpaired) electrons. The Morgan fingerprint density at radius 2 is 1.90 bits per heavy atom. The number of benzene rings is 2. The predicted molar refractivity (Wildman–Crippen MR) is 131 cm³/mol. The molecule has 6 nitrogen and oxygen atoms in total. The Labute approximate surface area is 202 Å². The summed E-state index contributed by atoms with van der Waals surface area (Å²) in [6, 6.07) is 14.3. The van der Waals surface area contributed by atoms with Crippen molar-refractivity contribution in [1.82, 2.24) is 20.8 Å². The highest BCUT2D eigenvalue weighted by Crippen LogP contribution is 2.48. The van der Waals surface area contributed by atoms with Crippen molar-refractivity contribution in [1.29, 1.82) is 0 Å². The smallest absolute Gasteiger partial charge is 0.228 e. The van der Waals surface area contributed by atoms with E-state index in [9.17, 15) is 4.39 Å². The third-order valence-corrected chi connectivity index (χ3v) is 5.57. The summed E-state index contributed by atoms with van der Waals surface area (Å²) in [5, 5.41) is 11.2. The van der Waals surface area contributed by atoms with Crippen LogP contribution in [0.15, 0.2) is 58.0 Å². The summed E-state index contributed by atoms with van der Waals surface area (Å²) < 4.78 is 19.5. The Kier molecular flexibility index (Phi) is 7.88. The molecule has 1 aliphatic carbocycles. The Bertz CT molecular complexity index is 1040. The maximum absolute atomic E-state index is 14.2. The fraction of sp³-hybridized carbons (Fsp3) is 0.318. The van der Waals surface area contributed by atoms with Gasteiger partial charge in [-0.1, -0.05) is 35.0 Å². The maximum atomic E-state index is 14.2. The molecule has 0 saturated heterocycles. The second-order valence-corrected chi connectivity index (χ2v) is 7.82. The quantitative estimate of drug-likeness (QED) is 0.254. The lowest BCUT2D eigenvalue weighted by molar-refractivity contribution is 0.378. The van der Waals surface area contributed by atoms with Crippen LogP contribution in [0.3, 0.4) is 0 Å². The molecular weight excluding hydrogens is 532 g/mol. The van der Waals surface area contributed by atoms with Crippen molar-refractivity contribution in [3.63, 3.8) is 0 Å². The van der Waals surface area contributed by atoms with E-state index >= 15 is 0 Å². The molecule has 1 fully saturated rings. The van der Waals surface area contributed by atoms with E-state index in [1.165, 1.54) is 6.07 Å². The first kappa shape index (κ1) is 23.5. The van der Waals surface area contributed by atoms with Gasteiger partial charge >= 0.3 is 0 Å². The number of nitrogens with one attached hydrogen (secondary N) is 2. The van der Waals surface area contributed by atoms with E-state index in [0.29, 0.717) is 42.2 Å². The minimum Gasteiger partial charge on any atom is -0.356 e. The van der Waals surface area contributed by atoms with Crippen LogP contribution in [0.1, 0.15) is 24.3 Å². The highest BCUT2D eigenvalue weighted by Gasteiger charge is 2.45. The van der Waals surface area contributed by atoms with Crippen LogP contribution in [-0.4, -0.2) is 36.2 Å². The minimum absolute atomic E-state index is 0. The van der Waals surface area contributed by atoms with E-state index in [0.717, 1.165) is 24.0 Å². The van der Waals surface area contributed by atoms with E-state index < -0.39 is 0 Å². The van der Waals surface area contributed by atoms with Gasteiger partial charge < -0.3 is 15.2 Å². The largest absolute Gasteiger partial charge is 0.356 e. The summed E-state index contributed by atoms with van der Waals surface area (Å²) in [6.45, 7) is 1.21. The van der Waals surface area contributed by atoms with Crippen molar-refractivity contribution in [2.75, 3.05) is 20.1 Å². The second-order valence-electron chi connectivity index (χ2n) is 7.38. The first-order valence-corrected chi connectivity index (χ1v) is 10.3. The summed E-state index contributed by atoms with van der Waals surface area (Å²) in [7, 11) is 1.71. The summed E-state index contributed by atoms with van der Waals surface area (Å²) >= 11 is 5.91. The number of rotatable bonds is 7. The molecule has 0 bridgehead atoms. The van der Waals surface area contributed by atoms with Gasteiger partial charge in [0.25, 0.3) is 0 Å². The van der Waals surface area contributed by atoms with Crippen molar-refractivity contribution in [2.24, 2.45) is 4.99 Å². The molecule has 0 aliphatic heterocycles. The van der Waals surface area contributed by atoms with Crippen molar-refractivity contribution < 1.29 is 8.91 Å². The number of aromatic nitrogens is 2. The summed E-state index contributed by atoms with van der Waals surface area (Å²) in [5.74, 6) is 1.58. The molecule has 0 amide bonds.